The number of hydrogen-bond donors (Lipinski definition) is 1. The molecule has 1 aromatic carbocycles. The fraction of sp³-hybridized carbons (Fsp3) is 0.500. The zero-order valence-electron chi connectivity index (χ0n) is 16.5. The van der Waals surface area contributed by atoms with Crippen LogP contribution in [0.2, 0.25) is 5.02 Å². The molecule has 3 aromatic rings. The second-order valence-electron chi connectivity index (χ2n) is 8.26. The van der Waals surface area contributed by atoms with Crippen LogP contribution in [0.15, 0.2) is 22.7 Å². The number of rotatable bonds is 4. The Hall–Kier alpha value is -2.61. The van der Waals surface area contributed by atoms with Crippen molar-refractivity contribution in [2.75, 3.05) is 18.4 Å². The molecule has 1 saturated heterocycles. The number of nitrogens with one attached hydrogen (secondary N) is 1. The Labute approximate surface area is 173 Å². The fourth-order valence-electron chi connectivity index (χ4n) is 4.16. The number of anilines is 1. The maximum Gasteiger partial charge on any atom is 0.316 e. The maximum atomic E-state index is 12.8. The SMILES string of the molecule is C[C@@H](Nc1nnc(-c2ccc(Cl)c3nn(C)cc23)o1)C(=O)N1CCC2(CC1)CC2. The van der Waals surface area contributed by atoms with Crippen molar-refractivity contribution >= 4 is 34.4 Å². The topological polar surface area (TPSA) is 89.1 Å². The minimum absolute atomic E-state index is 0.0707. The van der Waals surface area contributed by atoms with Crippen LogP contribution in [-0.4, -0.2) is 49.9 Å². The van der Waals surface area contributed by atoms with Crippen LogP contribution in [0, 0.1) is 5.41 Å². The molecule has 5 rings (SSSR count). The Bertz CT molecular complexity index is 1080. The van der Waals surface area contributed by atoms with Gasteiger partial charge in [-0.15, -0.1) is 5.10 Å². The van der Waals surface area contributed by atoms with Crippen LogP contribution >= 0.6 is 11.6 Å². The molecule has 3 heterocycles. The van der Waals surface area contributed by atoms with Gasteiger partial charge in [-0.25, -0.2) is 0 Å². The van der Waals surface area contributed by atoms with Gasteiger partial charge in [0.05, 0.1) is 5.02 Å². The lowest BCUT2D eigenvalue weighted by Crippen LogP contribution is -2.45. The van der Waals surface area contributed by atoms with Crippen molar-refractivity contribution in [1.29, 1.82) is 0 Å². The van der Waals surface area contributed by atoms with Crippen LogP contribution < -0.4 is 5.32 Å². The Morgan fingerprint density at radius 1 is 1.24 bits per heavy atom. The second kappa shape index (κ2) is 6.73. The smallest absolute Gasteiger partial charge is 0.316 e. The van der Waals surface area contributed by atoms with Crippen LogP contribution in [0.3, 0.4) is 0 Å². The zero-order valence-corrected chi connectivity index (χ0v) is 17.2. The number of carbonyl (C=O) groups is 1. The van der Waals surface area contributed by atoms with Gasteiger partial charge >= 0.3 is 6.01 Å². The van der Waals surface area contributed by atoms with Crippen LogP contribution in [0.25, 0.3) is 22.4 Å². The van der Waals surface area contributed by atoms with Crippen molar-refractivity contribution in [2.24, 2.45) is 12.5 Å². The highest BCUT2D eigenvalue weighted by Gasteiger charge is 2.45. The van der Waals surface area contributed by atoms with E-state index in [2.05, 4.69) is 20.6 Å². The number of likely N-dealkylation sites (tertiary alicyclic amines) is 1. The highest BCUT2D eigenvalue weighted by molar-refractivity contribution is 6.35. The highest BCUT2D eigenvalue weighted by atomic mass is 35.5. The molecule has 1 amide bonds. The molecule has 1 spiro atoms. The van der Waals surface area contributed by atoms with Crippen LogP contribution in [0.1, 0.15) is 32.6 Å². The summed E-state index contributed by atoms with van der Waals surface area (Å²) < 4.78 is 7.49. The van der Waals surface area contributed by atoms with E-state index < -0.39 is 6.04 Å². The van der Waals surface area contributed by atoms with Crippen molar-refractivity contribution in [3.63, 3.8) is 0 Å². The number of piperidine rings is 1. The molecule has 152 valence electrons. The molecule has 2 aromatic heterocycles. The molecular formula is C20H23ClN6O2. The third-order valence-electron chi connectivity index (χ3n) is 6.20. The molecule has 29 heavy (non-hydrogen) atoms. The van der Waals surface area contributed by atoms with Crippen molar-refractivity contribution in [3.05, 3.63) is 23.4 Å². The van der Waals surface area contributed by atoms with E-state index in [1.165, 1.54) is 12.8 Å². The van der Waals surface area contributed by atoms with Gasteiger partial charge in [0.2, 0.25) is 11.8 Å². The lowest BCUT2D eigenvalue weighted by atomic mass is 9.93. The number of carbonyl (C=O) groups excluding carboxylic acids is 1. The summed E-state index contributed by atoms with van der Waals surface area (Å²) in [5, 5.41) is 17.0. The minimum Gasteiger partial charge on any atom is -0.403 e. The molecule has 8 nitrogen and oxygen atoms in total. The first-order chi connectivity index (χ1) is 13.9. The quantitative estimate of drug-likeness (QED) is 0.703. The van der Waals surface area contributed by atoms with E-state index in [9.17, 15) is 4.79 Å². The number of hydrogen-bond acceptors (Lipinski definition) is 6. The average molecular weight is 415 g/mol. The van der Waals surface area contributed by atoms with E-state index in [1.54, 1.807) is 10.7 Å². The summed E-state index contributed by atoms with van der Waals surface area (Å²) in [7, 11) is 1.83. The highest BCUT2D eigenvalue weighted by Crippen LogP contribution is 2.53. The van der Waals surface area contributed by atoms with E-state index in [-0.39, 0.29) is 11.9 Å². The van der Waals surface area contributed by atoms with Crippen LogP contribution in [0.4, 0.5) is 6.01 Å². The molecule has 9 heteroatoms. The lowest BCUT2D eigenvalue weighted by Gasteiger charge is -2.33. The number of fused-ring (bicyclic) bond motifs is 1. The molecule has 1 aliphatic carbocycles. The second-order valence-corrected chi connectivity index (χ2v) is 8.67. The summed E-state index contributed by atoms with van der Waals surface area (Å²) in [5.74, 6) is 0.428. The van der Waals surface area contributed by atoms with Gasteiger partial charge in [-0.05, 0) is 50.2 Å². The summed E-state index contributed by atoms with van der Waals surface area (Å²) >= 11 is 6.24. The predicted octanol–water partition coefficient (Wildman–Crippen LogP) is 3.48. The molecular weight excluding hydrogens is 392 g/mol. The van der Waals surface area contributed by atoms with Gasteiger partial charge in [-0.1, -0.05) is 16.7 Å². The van der Waals surface area contributed by atoms with Crippen molar-refractivity contribution < 1.29 is 9.21 Å². The molecule has 0 radical (unpaired) electrons. The number of benzene rings is 1. The molecule has 0 unspecified atom stereocenters. The van der Waals surface area contributed by atoms with Gasteiger partial charge in [-0.2, -0.15) is 5.10 Å². The Kier molecular flexibility index (Phi) is 4.27. The molecule has 2 fully saturated rings. The van der Waals surface area contributed by atoms with Gasteiger partial charge < -0.3 is 14.6 Å². The normalized spacial score (nSPS) is 18.9. The molecule has 2 aliphatic rings. The Morgan fingerprint density at radius 3 is 2.72 bits per heavy atom. The number of aromatic nitrogens is 4. The van der Waals surface area contributed by atoms with E-state index in [0.717, 1.165) is 36.9 Å². The first kappa shape index (κ1) is 18.4. The molecule has 1 atom stereocenters. The largest absolute Gasteiger partial charge is 0.403 e. The van der Waals surface area contributed by atoms with E-state index in [0.29, 0.717) is 21.8 Å². The third-order valence-corrected chi connectivity index (χ3v) is 6.51. The van der Waals surface area contributed by atoms with E-state index in [4.69, 9.17) is 16.0 Å². The first-order valence-corrected chi connectivity index (χ1v) is 10.3. The molecule has 1 aliphatic heterocycles. The average Bonchev–Trinajstić information content (AvgIpc) is 3.11. The Balaban J connectivity index is 1.30. The molecule has 0 bridgehead atoms. The predicted molar refractivity (Wildman–Crippen MR) is 110 cm³/mol. The van der Waals surface area contributed by atoms with Crippen LogP contribution in [0.5, 0.6) is 0 Å². The summed E-state index contributed by atoms with van der Waals surface area (Å²) in [6.45, 7) is 3.50. The number of nitrogens with zero attached hydrogens (tertiary/aromatic N) is 5. The summed E-state index contributed by atoms with van der Waals surface area (Å²) in [5.41, 5.74) is 1.98. The van der Waals surface area contributed by atoms with E-state index >= 15 is 0 Å². The summed E-state index contributed by atoms with van der Waals surface area (Å²) in [6.07, 6.45) is 6.75. The monoisotopic (exact) mass is 414 g/mol. The van der Waals surface area contributed by atoms with Crippen molar-refractivity contribution in [1.82, 2.24) is 24.9 Å². The van der Waals surface area contributed by atoms with E-state index in [1.807, 2.05) is 31.1 Å². The van der Waals surface area contributed by atoms with Gasteiger partial charge in [-0.3, -0.25) is 9.48 Å². The lowest BCUT2D eigenvalue weighted by molar-refractivity contribution is -0.133. The molecule has 1 N–H and O–H groups in total. The number of aryl methyl sites for hydroxylation is 1. The van der Waals surface area contributed by atoms with Gasteiger partial charge in [0.25, 0.3) is 0 Å². The number of halogens is 1. The summed E-state index contributed by atoms with van der Waals surface area (Å²) in [6, 6.07) is 3.39. The van der Waals surface area contributed by atoms with Gasteiger partial charge in [0, 0.05) is 37.3 Å². The number of amides is 1. The van der Waals surface area contributed by atoms with Gasteiger partial charge in [0.15, 0.2) is 0 Å². The standard InChI is InChI=1S/C20H23ClN6O2/c1-12(18(28)27-9-7-20(5-6-20)8-10-27)22-19-24-23-17(29-19)13-3-4-15(21)16-14(13)11-26(2)25-16/h3-4,11-12H,5-10H2,1-2H3,(H,22,24)/t12-/m1/s1. The van der Waals surface area contributed by atoms with Crippen LogP contribution in [-0.2, 0) is 11.8 Å². The third kappa shape index (κ3) is 3.35. The summed E-state index contributed by atoms with van der Waals surface area (Å²) in [4.78, 5) is 14.7. The minimum atomic E-state index is -0.430. The Morgan fingerprint density at radius 2 is 2.00 bits per heavy atom. The van der Waals surface area contributed by atoms with Gasteiger partial charge in [0.1, 0.15) is 11.6 Å². The van der Waals surface area contributed by atoms with Crippen molar-refractivity contribution in [3.8, 4) is 11.5 Å². The fourth-order valence-corrected chi connectivity index (χ4v) is 4.37. The zero-order chi connectivity index (χ0) is 20.2. The maximum absolute atomic E-state index is 12.8. The first-order valence-electron chi connectivity index (χ1n) is 9.95. The van der Waals surface area contributed by atoms with Crippen molar-refractivity contribution in [2.45, 2.75) is 38.6 Å². The molecule has 1 saturated carbocycles.